The molecule has 3 unspecified atom stereocenters. The lowest BCUT2D eigenvalue weighted by atomic mass is 9.86. The van der Waals surface area contributed by atoms with E-state index in [1.54, 1.807) is 0 Å². The van der Waals surface area contributed by atoms with Gasteiger partial charge in [0, 0.05) is 6.04 Å². The van der Waals surface area contributed by atoms with Crippen LogP contribution in [0.5, 0.6) is 0 Å². The van der Waals surface area contributed by atoms with Crippen LogP contribution in [-0.2, 0) is 6.42 Å². The molecule has 3 N–H and O–H groups in total. The van der Waals surface area contributed by atoms with Crippen LogP contribution in [-0.4, -0.2) is 34.0 Å². The average molecular weight is 364 g/mol. The molecule has 0 bridgehead atoms. The summed E-state index contributed by atoms with van der Waals surface area (Å²) >= 11 is 0. The van der Waals surface area contributed by atoms with Gasteiger partial charge in [-0.1, -0.05) is 57.0 Å². The van der Waals surface area contributed by atoms with E-state index in [2.05, 4.69) is 43.4 Å². The van der Waals surface area contributed by atoms with Crippen LogP contribution in [0.2, 0.25) is 0 Å². The minimum Gasteiger partial charge on any atom is -0.390 e. The van der Waals surface area contributed by atoms with E-state index in [0.717, 1.165) is 45.1 Å². The third-order valence-electron chi connectivity index (χ3n) is 5.53. The highest BCUT2D eigenvalue weighted by atomic mass is 16.3. The quantitative estimate of drug-likeness (QED) is 0.476. The standard InChI is InChI=1S/C23H41NO2/c1-19(2)11-9-15-22(4,25)16-10-17-23(5,26)20(3)24-18-14-21-12-7-6-8-13-21/h6-8,12-13,19-20,24-26H,9-11,14-18H2,1-5H3. The van der Waals surface area contributed by atoms with Crippen molar-refractivity contribution >= 4 is 0 Å². The molecule has 1 aromatic carbocycles. The molecule has 0 radical (unpaired) electrons. The van der Waals surface area contributed by atoms with E-state index < -0.39 is 11.2 Å². The molecule has 0 fully saturated rings. The molecular formula is C23H41NO2. The monoisotopic (exact) mass is 363 g/mol. The smallest absolute Gasteiger partial charge is 0.0769 e. The molecule has 26 heavy (non-hydrogen) atoms. The zero-order valence-electron chi connectivity index (χ0n) is 17.6. The van der Waals surface area contributed by atoms with E-state index in [1.165, 1.54) is 5.56 Å². The molecular weight excluding hydrogens is 322 g/mol. The normalized spacial score (nSPS) is 17.7. The summed E-state index contributed by atoms with van der Waals surface area (Å²) in [6, 6.07) is 10.4. The summed E-state index contributed by atoms with van der Waals surface area (Å²) < 4.78 is 0. The van der Waals surface area contributed by atoms with Crippen LogP contribution >= 0.6 is 0 Å². The van der Waals surface area contributed by atoms with E-state index in [-0.39, 0.29) is 6.04 Å². The summed E-state index contributed by atoms with van der Waals surface area (Å²) in [5, 5.41) is 24.8. The maximum Gasteiger partial charge on any atom is 0.0769 e. The number of benzene rings is 1. The fourth-order valence-electron chi connectivity index (χ4n) is 3.36. The van der Waals surface area contributed by atoms with Gasteiger partial charge in [0.25, 0.3) is 0 Å². The zero-order chi connectivity index (χ0) is 19.6. The molecule has 3 nitrogen and oxygen atoms in total. The minimum absolute atomic E-state index is 0.0251. The third kappa shape index (κ3) is 9.70. The van der Waals surface area contributed by atoms with Crippen LogP contribution in [0.1, 0.15) is 78.7 Å². The molecule has 0 aliphatic carbocycles. The van der Waals surface area contributed by atoms with Gasteiger partial charge in [-0.25, -0.2) is 0 Å². The second-order valence-corrected chi connectivity index (χ2v) is 8.91. The summed E-state index contributed by atoms with van der Waals surface area (Å²) in [5.74, 6) is 0.689. The van der Waals surface area contributed by atoms with Crippen LogP contribution in [0.4, 0.5) is 0 Å². The molecule has 0 saturated heterocycles. The lowest BCUT2D eigenvalue weighted by Gasteiger charge is -2.32. The Balaban J connectivity index is 2.28. The molecule has 0 heterocycles. The molecule has 3 heteroatoms. The van der Waals surface area contributed by atoms with Crippen LogP contribution in [0.25, 0.3) is 0 Å². The summed E-state index contributed by atoms with van der Waals surface area (Å²) in [6.45, 7) is 11.2. The SMILES string of the molecule is CC(C)CCCC(C)(O)CCCC(C)(O)C(C)NCCc1ccccc1. The Morgan fingerprint density at radius 3 is 2.15 bits per heavy atom. The molecule has 150 valence electrons. The van der Waals surface area contributed by atoms with Crippen molar-refractivity contribution in [2.45, 2.75) is 96.8 Å². The van der Waals surface area contributed by atoms with Crippen molar-refractivity contribution in [3.63, 3.8) is 0 Å². The first-order chi connectivity index (χ1) is 12.1. The largest absolute Gasteiger partial charge is 0.390 e. The maximum atomic E-state index is 10.8. The highest BCUT2D eigenvalue weighted by Gasteiger charge is 2.29. The number of nitrogens with one attached hydrogen (secondary N) is 1. The fraction of sp³-hybridized carbons (Fsp3) is 0.739. The summed E-state index contributed by atoms with van der Waals surface area (Å²) in [5.41, 5.74) is -0.0658. The predicted octanol–water partition coefficient (Wildman–Crippen LogP) is 4.71. The number of hydrogen-bond acceptors (Lipinski definition) is 3. The molecule has 1 aromatic rings. The molecule has 1 rings (SSSR count). The van der Waals surface area contributed by atoms with Gasteiger partial charge in [0.2, 0.25) is 0 Å². The first-order valence-corrected chi connectivity index (χ1v) is 10.3. The maximum absolute atomic E-state index is 10.8. The summed E-state index contributed by atoms with van der Waals surface area (Å²) in [7, 11) is 0. The van der Waals surface area contributed by atoms with Crippen LogP contribution in [0, 0.1) is 5.92 Å². The van der Waals surface area contributed by atoms with E-state index >= 15 is 0 Å². The van der Waals surface area contributed by atoms with Gasteiger partial charge in [-0.2, -0.15) is 0 Å². The van der Waals surface area contributed by atoms with Gasteiger partial charge in [0.15, 0.2) is 0 Å². The topological polar surface area (TPSA) is 52.5 Å². The number of rotatable bonds is 13. The molecule has 3 atom stereocenters. The number of hydrogen-bond donors (Lipinski definition) is 3. The van der Waals surface area contributed by atoms with Crippen LogP contribution in [0.3, 0.4) is 0 Å². The van der Waals surface area contributed by atoms with Gasteiger partial charge in [0.05, 0.1) is 11.2 Å². The van der Waals surface area contributed by atoms with Gasteiger partial charge in [-0.15, -0.1) is 0 Å². The summed E-state index contributed by atoms with van der Waals surface area (Å²) in [4.78, 5) is 0. The van der Waals surface area contributed by atoms with Gasteiger partial charge < -0.3 is 15.5 Å². The van der Waals surface area contributed by atoms with Crippen molar-refractivity contribution in [1.29, 1.82) is 0 Å². The first-order valence-electron chi connectivity index (χ1n) is 10.3. The van der Waals surface area contributed by atoms with E-state index in [1.807, 2.05) is 26.8 Å². The molecule has 0 amide bonds. The Morgan fingerprint density at radius 1 is 0.923 bits per heavy atom. The van der Waals surface area contributed by atoms with Crippen LogP contribution < -0.4 is 5.32 Å². The Kier molecular flexibility index (Phi) is 9.84. The first kappa shape index (κ1) is 23.1. The molecule has 0 spiro atoms. The zero-order valence-corrected chi connectivity index (χ0v) is 17.6. The second-order valence-electron chi connectivity index (χ2n) is 8.91. The van der Waals surface area contributed by atoms with Crippen molar-refractivity contribution in [1.82, 2.24) is 5.32 Å². The van der Waals surface area contributed by atoms with E-state index in [0.29, 0.717) is 12.3 Å². The van der Waals surface area contributed by atoms with Crippen molar-refractivity contribution in [3.05, 3.63) is 35.9 Å². The van der Waals surface area contributed by atoms with E-state index in [4.69, 9.17) is 0 Å². The summed E-state index contributed by atoms with van der Waals surface area (Å²) in [6.07, 6.45) is 6.33. The van der Waals surface area contributed by atoms with Crippen molar-refractivity contribution in [2.75, 3.05) is 6.54 Å². The van der Waals surface area contributed by atoms with Crippen molar-refractivity contribution in [2.24, 2.45) is 5.92 Å². The lowest BCUT2D eigenvalue weighted by molar-refractivity contribution is -0.00138. The van der Waals surface area contributed by atoms with Gasteiger partial charge in [0.1, 0.15) is 0 Å². The Bertz CT molecular complexity index is 482. The molecule has 0 aliphatic heterocycles. The minimum atomic E-state index is -0.759. The Labute approximate surface area is 161 Å². The Hall–Kier alpha value is -0.900. The third-order valence-corrected chi connectivity index (χ3v) is 5.53. The lowest BCUT2D eigenvalue weighted by Crippen LogP contribution is -2.47. The highest BCUT2D eigenvalue weighted by molar-refractivity contribution is 5.14. The van der Waals surface area contributed by atoms with Crippen LogP contribution in [0.15, 0.2) is 30.3 Å². The molecule has 0 aromatic heterocycles. The van der Waals surface area contributed by atoms with Gasteiger partial charge >= 0.3 is 0 Å². The van der Waals surface area contributed by atoms with Gasteiger partial charge in [-0.3, -0.25) is 0 Å². The van der Waals surface area contributed by atoms with Crippen molar-refractivity contribution in [3.8, 4) is 0 Å². The Morgan fingerprint density at radius 2 is 1.54 bits per heavy atom. The molecule has 0 saturated carbocycles. The second kappa shape index (κ2) is 11.1. The predicted molar refractivity (Wildman–Crippen MR) is 111 cm³/mol. The van der Waals surface area contributed by atoms with E-state index in [9.17, 15) is 10.2 Å². The number of aliphatic hydroxyl groups is 2. The average Bonchev–Trinajstić information content (AvgIpc) is 2.54. The van der Waals surface area contributed by atoms with Gasteiger partial charge in [-0.05, 0) is 70.9 Å². The molecule has 0 aliphatic rings. The highest BCUT2D eigenvalue weighted by Crippen LogP contribution is 2.25. The fourth-order valence-corrected chi connectivity index (χ4v) is 3.36. The van der Waals surface area contributed by atoms with Crippen molar-refractivity contribution < 1.29 is 10.2 Å².